The number of aliphatic hydroxyl groups is 2. The van der Waals surface area contributed by atoms with Gasteiger partial charge in [0.15, 0.2) is 5.78 Å². The molecular weight excluding hydrogens is 688 g/mol. The van der Waals surface area contributed by atoms with E-state index in [4.69, 9.17) is 23.7 Å². The molecule has 13 heteroatoms. The van der Waals surface area contributed by atoms with Gasteiger partial charge in [-0.25, -0.2) is 14.4 Å². The van der Waals surface area contributed by atoms with Crippen molar-refractivity contribution >= 4 is 35.6 Å². The number of Topliss-reactive ketones (excluding diaryl/α,β-unsaturated/α-hetero) is 1. The lowest BCUT2D eigenvalue weighted by molar-refractivity contribution is -0.191. The average molecular weight is 733 g/mol. The van der Waals surface area contributed by atoms with Crippen LogP contribution in [-0.4, -0.2) is 90.1 Å². The number of hydrogen-bond donors (Lipinski definition) is 2. The van der Waals surface area contributed by atoms with E-state index in [1.807, 2.05) is 6.92 Å². The lowest BCUT2D eigenvalue weighted by Crippen LogP contribution is -2.67. The number of hydrogen-bond acceptors (Lipinski definition) is 13. The second-order valence-corrected chi connectivity index (χ2v) is 17.3. The molecular formula is C40H44O13. The molecule has 12 atom stereocenters. The molecule has 0 unspecified atom stereocenters. The number of carbonyl (C=O) groups excluding carboxylic acids is 6. The van der Waals surface area contributed by atoms with Crippen LogP contribution in [0.25, 0.3) is 0 Å². The number of allylic oxidation sites excluding steroid dienone is 1. The highest BCUT2D eigenvalue weighted by Gasteiger charge is 2.84. The van der Waals surface area contributed by atoms with E-state index in [1.165, 1.54) is 20.1 Å². The quantitative estimate of drug-likeness (QED) is 0.173. The second-order valence-electron chi connectivity index (χ2n) is 17.3. The number of ether oxygens (including phenoxy) is 5. The van der Waals surface area contributed by atoms with Crippen LogP contribution in [0.1, 0.15) is 66.2 Å². The standard InChI is InChI=1S/C40H44O13/c1-16-8-29(43)52-15-39(48)24-11-23(24)37(3)25(39)12-22-20(14-51-28(42)7-6-27(41)50-13-16)36(47)53-40(22)26(37)10-19-18-9-21(18)38(4)31(19)32(40)30(33(44)34(38)45)17(2)35(46)49-5/h8,18,21,23-26,32,34,45,48H,6-7,9-15H2,1-5H3/b16-8+,30-17+/t18-,21-,23-,24+,25-,26+,32+,34+,37+,38+,39+,40+/m1/s1. The lowest BCUT2D eigenvalue weighted by Gasteiger charge is -2.63. The molecule has 7 aliphatic carbocycles. The third-order valence-corrected chi connectivity index (χ3v) is 15.1. The number of cyclic esters (lactones) is 3. The molecule has 0 radical (unpaired) electrons. The third-order valence-electron chi connectivity index (χ3n) is 15.1. The van der Waals surface area contributed by atoms with Crippen LogP contribution in [0.4, 0.5) is 0 Å². The summed E-state index contributed by atoms with van der Waals surface area (Å²) in [5, 5.41) is 24.6. The van der Waals surface area contributed by atoms with Crippen molar-refractivity contribution in [1.82, 2.24) is 0 Å². The van der Waals surface area contributed by atoms with Crippen LogP contribution in [0, 0.1) is 52.3 Å². The Hall–Kier alpha value is -4.10. The van der Waals surface area contributed by atoms with Crippen LogP contribution < -0.4 is 0 Å². The summed E-state index contributed by atoms with van der Waals surface area (Å²) in [4.78, 5) is 80.7. The summed E-state index contributed by atoms with van der Waals surface area (Å²) in [6.07, 6.45) is 1.22. The molecule has 9 rings (SSSR count). The molecule has 0 aromatic rings. The SMILES string of the molecule is COC(=O)/C(C)=C1/C(=O)[C@H](O)[C@]2(C)C3=C(C[C@@H]4[C@]5(OC(=O)C6=C5C[C@H]5[C@](O)(COC(=O)/C=C(\C)COC(=O)CCC(=O)OC6)[C@H]6C[C@H]6[C@]45C)[C@H]31)[C@H]1C[C@H]12. The minimum absolute atomic E-state index is 0.00140. The fraction of sp³-hybridized carbons (Fsp3) is 0.650. The Labute approximate surface area is 305 Å². The highest BCUT2D eigenvalue weighted by Crippen LogP contribution is 2.83. The Kier molecular flexibility index (Phi) is 7.19. The summed E-state index contributed by atoms with van der Waals surface area (Å²) in [5.41, 5.74) is -1.65. The van der Waals surface area contributed by atoms with E-state index in [1.54, 1.807) is 6.92 Å². The van der Waals surface area contributed by atoms with E-state index in [9.17, 15) is 39.0 Å². The van der Waals surface area contributed by atoms with Gasteiger partial charge in [0.1, 0.15) is 37.1 Å². The number of carbonyl (C=O) groups is 6. The van der Waals surface area contributed by atoms with Crippen molar-refractivity contribution in [1.29, 1.82) is 0 Å². The first-order valence-corrected chi connectivity index (χ1v) is 18.6. The van der Waals surface area contributed by atoms with Gasteiger partial charge in [0, 0.05) is 34.5 Å². The van der Waals surface area contributed by atoms with Crippen molar-refractivity contribution in [2.45, 2.75) is 83.5 Å². The maximum Gasteiger partial charge on any atom is 0.338 e. The van der Waals surface area contributed by atoms with Crippen LogP contribution in [0.15, 0.2) is 45.1 Å². The molecule has 9 aliphatic rings. The summed E-state index contributed by atoms with van der Waals surface area (Å²) in [6, 6.07) is 0. The molecule has 2 N–H and O–H groups in total. The lowest BCUT2D eigenvalue weighted by atomic mass is 9.42. The largest absolute Gasteiger partial charge is 0.466 e. The number of fused-ring (bicyclic) bond motifs is 7. The van der Waals surface area contributed by atoms with Gasteiger partial charge in [-0.1, -0.05) is 19.4 Å². The molecule has 0 aromatic heterocycles. The molecule has 0 saturated heterocycles. The first-order chi connectivity index (χ1) is 25.0. The molecule has 13 nitrogen and oxygen atoms in total. The first-order valence-electron chi connectivity index (χ1n) is 18.6. The van der Waals surface area contributed by atoms with Crippen molar-refractivity contribution in [3.05, 3.63) is 45.1 Å². The Balaban J connectivity index is 1.26. The van der Waals surface area contributed by atoms with E-state index in [0.717, 1.165) is 17.6 Å². The second kappa shape index (κ2) is 11.0. The van der Waals surface area contributed by atoms with Crippen LogP contribution in [0.3, 0.4) is 0 Å². The molecule has 5 saturated carbocycles. The van der Waals surface area contributed by atoms with E-state index in [0.29, 0.717) is 24.0 Å². The van der Waals surface area contributed by atoms with Crippen LogP contribution >= 0.6 is 0 Å². The maximum atomic E-state index is 14.6. The number of methoxy groups -OCH3 is 1. The van der Waals surface area contributed by atoms with Gasteiger partial charge in [0.25, 0.3) is 0 Å². The average Bonchev–Trinajstić information content (AvgIpc) is 4.04. The monoisotopic (exact) mass is 732 g/mol. The zero-order valence-corrected chi connectivity index (χ0v) is 30.4. The smallest absolute Gasteiger partial charge is 0.338 e. The first kappa shape index (κ1) is 34.7. The molecule has 0 aromatic carbocycles. The van der Waals surface area contributed by atoms with Crippen LogP contribution in [0.2, 0.25) is 0 Å². The highest BCUT2D eigenvalue weighted by atomic mass is 16.6. The maximum absolute atomic E-state index is 14.6. The summed E-state index contributed by atoms with van der Waals surface area (Å²) >= 11 is 0. The number of ketones is 1. The fourth-order valence-electron chi connectivity index (χ4n) is 12.7. The van der Waals surface area contributed by atoms with Gasteiger partial charge in [-0.3, -0.25) is 14.4 Å². The summed E-state index contributed by atoms with van der Waals surface area (Å²) in [5.74, 6) is -6.30. The molecule has 2 heterocycles. The van der Waals surface area contributed by atoms with Gasteiger partial charge in [-0.15, -0.1) is 0 Å². The van der Waals surface area contributed by atoms with E-state index < -0.39 is 88.1 Å². The van der Waals surface area contributed by atoms with Crippen LogP contribution in [-0.2, 0) is 52.5 Å². The molecule has 2 aliphatic heterocycles. The predicted molar refractivity (Wildman–Crippen MR) is 179 cm³/mol. The number of rotatable bonds is 1. The van der Waals surface area contributed by atoms with Crippen molar-refractivity contribution < 1.29 is 62.7 Å². The molecule has 5 fully saturated rings. The zero-order valence-electron chi connectivity index (χ0n) is 30.4. The summed E-state index contributed by atoms with van der Waals surface area (Å²) in [7, 11) is 1.22. The van der Waals surface area contributed by atoms with Gasteiger partial charge >= 0.3 is 29.8 Å². The fourth-order valence-corrected chi connectivity index (χ4v) is 12.7. The Morgan fingerprint density at radius 1 is 0.925 bits per heavy atom. The number of aliphatic hydroxyl groups excluding tert-OH is 1. The third kappa shape index (κ3) is 4.26. The van der Waals surface area contributed by atoms with Gasteiger partial charge in [-0.2, -0.15) is 0 Å². The molecule has 0 amide bonds. The topological polar surface area (TPSA) is 189 Å². The van der Waals surface area contributed by atoms with E-state index in [2.05, 4.69) is 6.92 Å². The van der Waals surface area contributed by atoms with E-state index in [-0.39, 0.29) is 72.9 Å². The van der Waals surface area contributed by atoms with Crippen molar-refractivity contribution in [2.24, 2.45) is 52.3 Å². The Morgan fingerprint density at radius 2 is 1.62 bits per heavy atom. The van der Waals surface area contributed by atoms with Crippen molar-refractivity contribution in [2.75, 3.05) is 26.9 Å². The minimum atomic E-state index is -1.51. The highest BCUT2D eigenvalue weighted by molar-refractivity contribution is 6.09. The minimum Gasteiger partial charge on any atom is -0.466 e. The zero-order chi connectivity index (χ0) is 37.7. The molecule has 53 heavy (non-hydrogen) atoms. The Bertz CT molecular complexity index is 1970. The van der Waals surface area contributed by atoms with E-state index >= 15 is 0 Å². The summed E-state index contributed by atoms with van der Waals surface area (Å²) in [6.45, 7) is 6.15. The van der Waals surface area contributed by atoms with Gasteiger partial charge in [0.2, 0.25) is 0 Å². The molecule has 1 spiro atoms. The van der Waals surface area contributed by atoms with Gasteiger partial charge < -0.3 is 33.9 Å². The summed E-state index contributed by atoms with van der Waals surface area (Å²) < 4.78 is 28.4. The molecule has 282 valence electrons. The van der Waals surface area contributed by atoms with Crippen molar-refractivity contribution in [3.8, 4) is 0 Å². The van der Waals surface area contributed by atoms with Crippen molar-refractivity contribution in [3.63, 3.8) is 0 Å². The van der Waals surface area contributed by atoms with Gasteiger partial charge in [0.05, 0.1) is 31.4 Å². The normalized spacial score (nSPS) is 47.3. The number of esters is 5. The molecule has 2 bridgehead atoms. The predicted octanol–water partition coefficient (Wildman–Crippen LogP) is 2.38. The Morgan fingerprint density at radius 3 is 2.32 bits per heavy atom. The van der Waals surface area contributed by atoms with Gasteiger partial charge in [-0.05, 0) is 85.3 Å². The van der Waals surface area contributed by atoms with Crippen LogP contribution in [0.5, 0.6) is 0 Å².